The zero-order valence-corrected chi connectivity index (χ0v) is 19.0. The number of hydrogen-bond acceptors (Lipinski definition) is 4. The minimum absolute atomic E-state index is 0.0462. The molecular weight excluding hydrogens is 406 g/mol. The Balaban J connectivity index is 1.56. The highest BCUT2D eigenvalue weighted by Gasteiger charge is 2.42. The van der Waals surface area contributed by atoms with Crippen LogP contribution in [0.3, 0.4) is 0 Å². The van der Waals surface area contributed by atoms with Gasteiger partial charge in [-0.05, 0) is 62.0 Å². The van der Waals surface area contributed by atoms with Gasteiger partial charge >= 0.3 is 0 Å². The molecular formula is C25H31N3O2S. The van der Waals surface area contributed by atoms with Crippen LogP contribution < -0.4 is 0 Å². The van der Waals surface area contributed by atoms with Gasteiger partial charge in [0.1, 0.15) is 5.69 Å². The molecule has 0 radical (unpaired) electrons. The van der Waals surface area contributed by atoms with E-state index in [4.69, 9.17) is 0 Å². The average Bonchev–Trinajstić information content (AvgIpc) is 3.65. The Morgan fingerprint density at radius 2 is 1.77 bits per heavy atom. The number of nitrogens with zero attached hydrogens (tertiary/aromatic N) is 3. The summed E-state index contributed by atoms with van der Waals surface area (Å²) in [7, 11) is 0. The van der Waals surface area contributed by atoms with Crippen LogP contribution in [-0.2, 0) is 11.2 Å². The third kappa shape index (κ3) is 5.48. The normalized spacial score (nSPS) is 17.9. The Morgan fingerprint density at radius 3 is 2.39 bits per heavy atom. The molecule has 0 N–H and O–H groups in total. The lowest BCUT2D eigenvalue weighted by atomic mass is 9.84. The van der Waals surface area contributed by atoms with Crippen LogP contribution in [0.1, 0.15) is 41.7 Å². The maximum absolute atomic E-state index is 13.6. The Labute approximate surface area is 189 Å². The van der Waals surface area contributed by atoms with Crippen LogP contribution in [0.4, 0.5) is 0 Å². The number of rotatable bonds is 8. The topological polar surface area (TPSA) is 53.5 Å². The number of thioether (sulfide) groups is 1. The molecule has 4 rings (SSSR count). The van der Waals surface area contributed by atoms with Crippen molar-refractivity contribution in [2.45, 2.75) is 44.2 Å². The number of likely N-dealkylation sites (tertiary alicyclic amines) is 1. The lowest BCUT2D eigenvalue weighted by Crippen LogP contribution is -2.51. The molecule has 164 valence electrons. The third-order valence-corrected chi connectivity index (χ3v) is 6.94. The summed E-state index contributed by atoms with van der Waals surface area (Å²) in [6, 6.07) is 16.5. The molecule has 6 heteroatoms. The van der Waals surface area contributed by atoms with Gasteiger partial charge in [0.25, 0.3) is 5.91 Å². The van der Waals surface area contributed by atoms with Crippen molar-refractivity contribution in [2.75, 3.05) is 25.1 Å². The SMILES string of the molecule is CSCC(=O)N1CCC([C@@H](Cc2ccccc2)N(C(=O)c2ccccn2)C2CC2)CC1. The molecule has 0 spiro atoms. The monoisotopic (exact) mass is 437 g/mol. The van der Waals surface area contributed by atoms with E-state index >= 15 is 0 Å². The Kier molecular flexibility index (Phi) is 7.28. The lowest BCUT2D eigenvalue weighted by molar-refractivity contribution is -0.130. The van der Waals surface area contributed by atoms with E-state index in [0.717, 1.165) is 45.2 Å². The summed E-state index contributed by atoms with van der Waals surface area (Å²) in [5.74, 6) is 1.20. The summed E-state index contributed by atoms with van der Waals surface area (Å²) in [5, 5.41) is 0. The quantitative estimate of drug-likeness (QED) is 0.629. The second kappa shape index (κ2) is 10.3. The van der Waals surface area contributed by atoms with Gasteiger partial charge in [-0.25, -0.2) is 0 Å². The zero-order valence-electron chi connectivity index (χ0n) is 18.2. The van der Waals surface area contributed by atoms with Gasteiger partial charge in [-0.1, -0.05) is 36.4 Å². The first-order valence-electron chi connectivity index (χ1n) is 11.2. The highest BCUT2D eigenvalue weighted by Crippen LogP contribution is 2.36. The number of benzene rings is 1. The number of aromatic nitrogens is 1. The maximum atomic E-state index is 13.6. The third-order valence-electron chi connectivity index (χ3n) is 6.41. The molecule has 1 aliphatic carbocycles. The van der Waals surface area contributed by atoms with Crippen molar-refractivity contribution < 1.29 is 9.59 Å². The summed E-state index contributed by atoms with van der Waals surface area (Å²) in [5.41, 5.74) is 1.79. The summed E-state index contributed by atoms with van der Waals surface area (Å²) in [4.78, 5) is 34.4. The molecule has 31 heavy (non-hydrogen) atoms. The molecule has 1 atom stereocenters. The van der Waals surface area contributed by atoms with Crippen molar-refractivity contribution in [3.05, 3.63) is 66.0 Å². The molecule has 1 aromatic heterocycles. The van der Waals surface area contributed by atoms with Crippen molar-refractivity contribution in [2.24, 2.45) is 5.92 Å². The Morgan fingerprint density at radius 1 is 1.06 bits per heavy atom. The first-order chi connectivity index (χ1) is 15.2. The van der Waals surface area contributed by atoms with Gasteiger partial charge in [-0.15, -0.1) is 0 Å². The summed E-state index contributed by atoms with van der Waals surface area (Å²) < 4.78 is 0. The van der Waals surface area contributed by atoms with Crippen molar-refractivity contribution in [1.82, 2.24) is 14.8 Å². The molecule has 2 heterocycles. The molecule has 2 aliphatic rings. The van der Waals surface area contributed by atoms with E-state index in [-0.39, 0.29) is 17.9 Å². The summed E-state index contributed by atoms with van der Waals surface area (Å²) in [6.45, 7) is 1.57. The molecule has 2 fully saturated rings. The average molecular weight is 438 g/mol. The predicted molar refractivity (Wildman–Crippen MR) is 125 cm³/mol. The van der Waals surface area contributed by atoms with E-state index in [0.29, 0.717) is 23.4 Å². The minimum atomic E-state index is 0.0462. The first kappa shape index (κ1) is 21.9. The van der Waals surface area contributed by atoms with Crippen LogP contribution in [0.25, 0.3) is 0 Å². The van der Waals surface area contributed by atoms with E-state index in [9.17, 15) is 9.59 Å². The van der Waals surface area contributed by atoms with Crippen molar-refractivity contribution in [3.8, 4) is 0 Å². The molecule has 1 aliphatic heterocycles. The number of amides is 2. The predicted octanol–water partition coefficient (Wildman–Crippen LogP) is 3.90. The zero-order chi connectivity index (χ0) is 21.6. The second-order valence-corrected chi connectivity index (χ2v) is 9.43. The lowest BCUT2D eigenvalue weighted by Gasteiger charge is -2.41. The van der Waals surface area contributed by atoms with E-state index in [1.807, 2.05) is 35.4 Å². The van der Waals surface area contributed by atoms with Crippen LogP contribution in [0.15, 0.2) is 54.7 Å². The van der Waals surface area contributed by atoms with Gasteiger partial charge in [0.05, 0.1) is 5.75 Å². The second-order valence-electron chi connectivity index (χ2n) is 8.57. The Hall–Kier alpha value is -2.34. The van der Waals surface area contributed by atoms with Gasteiger partial charge < -0.3 is 9.80 Å². The van der Waals surface area contributed by atoms with E-state index in [1.165, 1.54) is 5.56 Å². The minimum Gasteiger partial charge on any atom is -0.342 e. The smallest absolute Gasteiger partial charge is 0.272 e. The van der Waals surface area contributed by atoms with Gasteiger partial charge in [-0.2, -0.15) is 11.8 Å². The van der Waals surface area contributed by atoms with Gasteiger partial charge in [0, 0.05) is 31.4 Å². The molecule has 1 saturated carbocycles. The molecule has 1 saturated heterocycles. The number of piperidine rings is 1. The fraction of sp³-hybridized carbons (Fsp3) is 0.480. The largest absolute Gasteiger partial charge is 0.342 e. The van der Waals surface area contributed by atoms with Crippen molar-refractivity contribution in [1.29, 1.82) is 0 Å². The molecule has 2 amide bonds. The highest BCUT2D eigenvalue weighted by atomic mass is 32.2. The molecule has 2 aromatic rings. The number of hydrogen-bond donors (Lipinski definition) is 0. The van der Waals surface area contributed by atoms with Crippen molar-refractivity contribution >= 4 is 23.6 Å². The highest BCUT2D eigenvalue weighted by molar-refractivity contribution is 7.99. The number of carbonyl (C=O) groups is 2. The molecule has 5 nitrogen and oxygen atoms in total. The van der Waals surface area contributed by atoms with Crippen LogP contribution in [0.5, 0.6) is 0 Å². The fourth-order valence-electron chi connectivity index (χ4n) is 4.66. The first-order valence-corrected chi connectivity index (χ1v) is 12.6. The van der Waals surface area contributed by atoms with Crippen LogP contribution in [0, 0.1) is 5.92 Å². The van der Waals surface area contributed by atoms with Gasteiger partial charge in [0.15, 0.2) is 0 Å². The summed E-state index contributed by atoms with van der Waals surface area (Å²) in [6.07, 6.45) is 8.52. The maximum Gasteiger partial charge on any atom is 0.272 e. The van der Waals surface area contributed by atoms with Crippen LogP contribution in [-0.4, -0.2) is 63.8 Å². The standard InChI is InChI=1S/C25H31N3O2S/c1-31-18-24(29)27-15-12-20(13-16-27)23(17-19-7-3-2-4-8-19)28(21-10-11-21)25(30)22-9-5-6-14-26-22/h2-9,14,20-21,23H,10-13,15-18H2,1H3/t23-/m1/s1. The van der Waals surface area contributed by atoms with Gasteiger partial charge in [-0.3, -0.25) is 14.6 Å². The van der Waals surface area contributed by atoms with E-state index in [2.05, 4.69) is 34.1 Å². The number of carbonyl (C=O) groups excluding carboxylic acids is 2. The number of pyridine rings is 1. The Bertz CT molecular complexity index is 865. The van der Waals surface area contributed by atoms with Crippen LogP contribution in [0.2, 0.25) is 0 Å². The van der Waals surface area contributed by atoms with Crippen LogP contribution >= 0.6 is 11.8 Å². The summed E-state index contributed by atoms with van der Waals surface area (Å²) >= 11 is 1.58. The van der Waals surface area contributed by atoms with E-state index < -0.39 is 0 Å². The van der Waals surface area contributed by atoms with E-state index in [1.54, 1.807) is 18.0 Å². The van der Waals surface area contributed by atoms with Crippen molar-refractivity contribution in [3.63, 3.8) is 0 Å². The van der Waals surface area contributed by atoms with Gasteiger partial charge in [0.2, 0.25) is 5.91 Å². The molecule has 1 aromatic carbocycles. The molecule has 0 unspecified atom stereocenters. The fourth-order valence-corrected chi connectivity index (χ4v) is 5.09. The molecule has 0 bridgehead atoms.